The van der Waals surface area contributed by atoms with Crippen LogP contribution in [0, 0.1) is 5.82 Å². The lowest BCUT2D eigenvalue weighted by Crippen LogP contribution is -2.43. The molecule has 0 bridgehead atoms. The third-order valence-corrected chi connectivity index (χ3v) is 3.09. The molecule has 0 unspecified atom stereocenters. The van der Waals surface area contributed by atoms with Crippen molar-refractivity contribution >= 4 is 11.8 Å². The van der Waals surface area contributed by atoms with Gasteiger partial charge >= 0.3 is 6.09 Å². The highest BCUT2D eigenvalue weighted by atomic mass is 19.1. The molecule has 1 aliphatic rings. The lowest BCUT2D eigenvalue weighted by atomic mass is 10.1. The third-order valence-electron chi connectivity index (χ3n) is 3.09. The number of amides is 1. The molecule has 6 heteroatoms. The number of piperazine rings is 1. The van der Waals surface area contributed by atoms with Gasteiger partial charge < -0.3 is 20.3 Å². The van der Waals surface area contributed by atoms with E-state index in [1.165, 1.54) is 13.2 Å². The zero-order valence-electron chi connectivity index (χ0n) is 10.9. The van der Waals surface area contributed by atoms with Crippen molar-refractivity contribution in [3.8, 4) is 0 Å². The van der Waals surface area contributed by atoms with Gasteiger partial charge in [-0.05, 0) is 17.7 Å². The van der Waals surface area contributed by atoms with E-state index in [0.717, 1.165) is 31.7 Å². The van der Waals surface area contributed by atoms with E-state index >= 15 is 0 Å². The van der Waals surface area contributed by atoms with Crippen LogP contribution in [-0.4, -0.2) is 39.4 Å². The SMILES string of the molecule is COC(=O)NCc1ccc(F)c(N2CCNCC2)c1. The molecule has 104 valence electrons. The topological polar surface area (TPSA) is 53.6 Å². The smallest absolute Gasteiger partial charge is 0.407 e. The van der Waals surface area contributed by atoms with Crippen molar-refractivity contribution in [2.45, 2.75) is 6.54 Å². The van der Waals surface area contributed by atoms with Gasteiger partial charge in [0.15, 0.2) is 0 Å². The van der Waals surface area contributed by atoms with Crippen molar-refractivity contribution in [3.05, 3.63) is 29.6 Å². The van der Waals surface area contributed by atoms with Gasteiger partial charge in [-0.3, -0.25) is 0 Å². The third kappa shape index (κ3) is 3.57. The van der Waals surface area contributed by atoms with Gasteiger partial charge in [-0.1, -0.05) is 6.07 Å². The maximum absolute atomic E-state index is 13.8. The molecule has 0 radical (unpaired) electrons. The van der Waals surface area contributed by atoms with Crippen molar-refractivity contribution in [1.29, 1.82) is 0 Å². The minimum atomic E-state index is -0.493. The summed E-state index contributed by atoms with van der Waals surface area (Å²) in [6.45, 7) is 3.59. The fraction of sp³-hybridized carbons (Fsp3) is 0.462. The number of ether oxygens (including phenoxy) is 1. The Morgan fingerprint density at radius 2 is 2.21 bits per heavy atom. The van der Waals surface area contributed by atoms with Crippen LogP contribution in [0.1, 0.15) is 5.56 Å². The summed E-state index contributed by atoms with van der Waals surface area (Å²) in [6, 6.07) is 4.87. The van der Waals surface area contributed by atoms with Crippen LogP contribution in [0.2, 0.25) is 0 Å². The first kappa shape index (κ1) is 13.6. The minimum Gasteiger partial charge on any atom is -0.453 e. The predicted molar refractivity (Wildman–Crippen MR) is 70.7 cm³/mol. The Labute approximate surface area is 111 Å². The van der Waals surface area contributed by atoms with Crippen LogP contribution in [0.4, 0.5) is 14.9 Å². The molecule has 1 fully saturated rings. The molecular formula is C13H18FN3O2. The largest absolute Gasteiger partial charge is 0.453 e. The highest BCUT2D eigenvalue weighted by Crippen LogP contribution is 2.21. The van der Waals surface area contributed by atoms with Crippen molar-refractivity contribution in [2.24, 2.45) is 0 Å². The number of benzene rings is 1. The van der Waals surface area contributed by atoms with Crippen LogP contribution in [0.25, 0.3) is 0 Å². The number of carbonyl (C=O) groups is 1. The first-order valence-corrected chi connectivity index (χ1v) is 6.26. The molecule has 1 aromatic rings. The van der Waals surface area contributed by atoms with Gasteiger partial charge in [0.2, 0.25) is 0 Å². The quantitative estimate of drug-likeness (QED) is 0.861. The van der Waals surface area contributed by atoms with Gasteiger partial charge in [0.05, 0.1) is 12.8 Å². The second-order valence-electron chi connectivity index (χ2n) is 4.37. The first-order valence-electron chi connectivity index (χ1n) is 6.26. The number of anilines is 1. The monoisotopic (exact) mass is 267 g/mol. The number of hydrogen-bond acceptors (Lipinski definition) is 4. The second-order valence-corrected chi connectivity index (χ2v) is 4.37. The summed E-state index contributed by atoms with van der Waals surface area (Å²) < 4.78 is 18.3. The molecule has 0 atom stereocenters. The zero-order valence-corrected chi connectivity index (χ0v) is 10.9. The van der Waals surface area contributed by atoms with Crippen molar-refractivity contribution in [1.82, 2.24) is 10.6 Å². The summed E-state index contributed by atoms with van der Waals surface area (Å²) in [4.78, 5) is 13.0. The van der Waals surface area contributed by atoms with E-state index in [-0.39, 0.29) is 5.82 Å². The molecule has 2 N–H and O–H groups in total. The van der Waals surface area contributed by atoms with E-state index in [9.17, 15) is 9.18 Å². The maximum atomic E-state index is 13.8. The molecule has 1 aromatic carbocycles. The molecule has 2 rings (SSSR count). The van der Waals surface area contributed by atoms with Crippen LogP contribution in [0.3, 0.4) is 0 Å². The summed E-state index contributed by atoms with van der Waals surface area (Å²) in [5.74, 6) is -0.233. The average Bonchev–Trinajstić information content (AvgIpc) is 2.47. The molecule has 0 aromatic heterocycles. The Kier molecular flexibility index (Phi) is 4.57. The summed E-state index contributed by atoms with van der Waals surface area (Å²) in [7, 11) is 1.31. The molecule has 0 spiro atoms. The number of hydrogen-bond donors (Lipinski definition) is 2. The van der Waals surface area contributed by atoms with E-state index in [1.807, 2.05) is 4.90 Å². The van der Waals surface area contributed by atoms with Gasteiger partial charge in [0, 0.05) is 32.7 Å². The maximum Gasteiger partial charge on any atom is 0.407 e. The number of methoxy groups -OCH3 is 1. The molecule has 1 saturated heterocycles. The van der Waals surface area contributed by atoms with Crippen LogP contribution >= 0.6 is 0 Å². The van der Waals surface area contributed by atoms with Gasteiger partial charge in [-0.2, -0.15) is 0 Å². The second kappa shape index (κ2) is 6.38. The fourth-order valence-corrected chi connectivity index (χ4v) is 2.06. The summed E-state index contributed by atoms with van der Waals surface area (Å²) in [6.07, 6.45) is -0.493. The average molecular weight is 267 g/mol. The lowest BCUT2D eigenvalue weighted by Gasteiger charge is -2.30. The standard InChI is InChI=1S/C13H18FN3O2/c1-19-13(18)16-9-10-2-3-11(14)12(8-10)17-6-4-15-5-7-17/h2-3,8,15H,4-7,9H2,1H3,(H,16,18). The Balaban J connectivity index is 2.07. The highest BCUT2D eigenvalue weighted by Gasteiger charge is 2.15. The Bertz CT molecular complexity index is 448. The zero-order chi connectivity index (χ0) is 13.7. The van der Waals surface area contributed by atoms with E-state index in [2.05, 4.69) is 15.4 Å². The lowest BCUT2D eigenvalue weighted by molar-refractivity contribution is 0.170. The predicted octanol–water partition coefficient (Wildman–Crippen LogP) is 1.09. The number of nitrogens with zero attached hydrogens (tertiary/aromatic N) is 1. The van der Waals surface area contributed by atoms with Gasteiger partial charge in [0.1, 0.15) is 5.82 Å². The number of alkyl carbamates (subject to hydrolysis) is 1. The number of halogens is 1. The van der Waals surface area contributed by atoms with Crippen molar-refractivity contribution in [2.75, 3.05) is 38.2 Å². The molecular weight excluding hydrogens is 249 g/mol. The molecule has 1 aliphatic heterocycles. The fourth-order valence-electron chi connectivity index (χ4n) is 2.06. The number of rotatable bonds is 3. The molecule has 1 heterocycles. The summed E-state index contributed by atoms with van der Waals surface area (Å²) in [5.41, 5.74) is 1.44. The normalized spacial score (nSPS) is 15.2. The van der Waals surface area contributed by atoms with Gasteiger partial charge in [-0.25, -0.2) is 9.18 Å². The van der Waals surface area contributed by atoms with E-state index in [4.69, 9.17) is 0 Å². The molecule has 1 amide bonds. The molecule has 19 heavy (non-hydrogen) atoms. The molecule has 0 aliphatic carbocycles. The van der Waals surface area contributed by atoms with E-state index in [0.29, 0.717) is 12.2 Å². The van der Waals surface area contributed by atoms with Gasteiger partial charge in [-0.15, -0.1) is 0 Å². The first-order chi connectivity index (χ1) is 9.20. The van der Waals surface area contributed by atoms with Crippen LogP contribution < -0.4 is 15.5 Å². The van der Waals surface area contributed by atoms with Gasteiger partial charge in [0.25, 0.3) is 0 Å². The Morgan fingerprint density at radius 1 is 1.47 bits per heavy atom. The minimum absolute atomic E-state index is 0.233. The number of carbonyl (C=O) groups excluding carboxylic acids is 1. The number of nitrogens with one attached hydrogen (secondary N) is 2. The summed E-state index contributed by atoms with van der Waals surface area (Å²) >= 11 is 0. The molecule has 0 saturated carbocycles. The Hall–Kier alpha value is -1.82. The van der Waals surface area contributed by atoms with E-state index in [1.54, 1.807) is 12.1 Å². The van der Waals surface area contributed by atoms with Crippen LogP contribution in [-0.2, 0) is 11.3 Å². The Morgan fingerprint density at radius 3 is 2.89 bits per heavy atom. The highest BCUT2D eigenvalue weighted by molar-refractivity contribution is 5.67. The van der Waals surface area contributed by atoms with Crippen molar-refractivity contribution in [3.63, 3.8) is 0 Å². The van der Waals surface area contributed by atoms with Crippen LogP contribution in [0.15, 0.2) is 18.2 Å². The van der Waals surface area contributed by atoms with Crippen molar-refractivity contribution < 1.29 is 13.9 Å². The van der Waals surface area contributed by atoms with E-state index < -0.39 is 6.09 Å². The summed E-state index contributed by atoms with van der Waals surface area (Å²) in [5, 5.41) is 5.81. The van der Waals surface area contributed by atoms with Crippen LogP contribution in [0.5, 0.6) is 0 Å². The molecule has 5 nitrogen and oxygen atoms in total.